The zero-order chi connectivity index (χ0) is 28.9. The molecular weight excluding hydrogens is 552 g/mol. The smallest absolute Gasteiger partial charge is 0.369 e. The van der Waals surface area contributed by atoms with Crippen LogP contribution in [-0.2, 0) is 18.8 Å². The number of aromatic amines is 2. The van der Waals surface area contributed by atoms with E-state index in [2.05, 4.69) is 50.8 Å². The third-order valence-electron chi connectivity index (χ3n) is 5.70. The summed E-state index contributed by atoms with van der Waals surface area (Å²) >= 11 is 0. The molecule has 2 N–H and O–H groups in total. The van der Waals surface area contributed by atoms with Crippen molar-refractivity contribution in [2.75, 3.05) is 49.2 Å². The summed E-state index contributed by atoms with van der Waals surface area (Å²) in [5, 5.41) is 30.9. The highest BCUT2D eigenvalue weighted by molar-refractivity contribution is 7.81. The molecule has 2 heterocycles. The van der Waals surface area contributed by atoms with Crippen LogP contribution in [0.15, 0.2) is 81.6 Å². The van der Waals surface area contributed by atoms with E-state index in [1.54, 1.807) is 24.3 Å². The van der Waals surface area contributed by atoms with Gasteiger partial charge in [0.15, 0.2) is 0 Å². The minimum Gasteiger partial charge on any atom is -0.369 e. The van der Waals surface area contributed by atoms with E-state index in [1.165, 1.54) is 12.7 Å². The molecule has 216 valence electrons. The summed E-state index contributed by atoms with van der Waals surface area (Å²) in [5.74, 6) is 0.620. The lowest BCUT2D eigenvalue weighted by Crippen LogP contribution is -2.30. The van der Waals surface area contributed by atoms with E-state index in [9.17, 15) is 8.42 Å². The Kier molecular flexibility index (Phi) is 10.5. The summed E-state index contributed by atoms with van der Waals surface area (Å²) in [7, 11) is -4.16. The first-order valence-corrected chi connectivity index (χ1v) is 14.1. The zero-order valence-electron chi connectivity index (χ0n) is 22.5. The van der Waals surface area contributed by atoms with Crippen LogP contribution in [-0.4, -0.2) is 78.2 Å². The number of benzene rings is 2. The van der Waals surface area contributed by atoms with Gasteiger partial charge in [0.2, 0.25) is 0 Å². The van der Waals surface area contributed by atoms with Crippen molar-refractivity contribution in [3.05, 3.63) is 61.2 Å². The van der Waals surface area contributed by atoms with Crippen LogP contribution in [0, 0.1) is 0 Å². The second-order valence-electron chi connectivity index (χ2n) is 8.27. The maximum Gasteiger partial charge on any atom is 0.399 e. The van der Waals surface area contributed by atoms with E-state index in [0.29, 0.717) is 49.5 Å². The Balaban J connectivity index is 1.20. The quantitative estimate of drug-likeness (QED) is 0.179. The van der Waals surface area contributed by atoms with Crippen LogP contribution in [0.4, 0.5) is 34.6 Å². The Morgan fingerprint density at radius 3 is 1.44 bits per heavy atom. The van der Waals surface area contributed by atoms with Crippen molar-refractivity contribution in [1.82, 2.24) is 30.4 Å². The highest BCUT2D eigenvalue weighted by Crippen LogP contribution is 2.22. The third-order valence-corrected chi connectivity index (χ3v) is 6.61. The van der Waals surface area contributed by atoms with Crippen LogP contribution in [0.1, 0.15) is 13.8 Å². The molecule has 0 atom stereocenters. The molecule has 0 saturated carbocycles. The van der Waals surface area contributed by atoms with Gasteiger partial charge in [-0.1, -0.05) is 0 Å². The SMILES string of the molecule is CCN(CCOS(=O)(=O)OCCN(CC)c1ccc(/N=N/c2nnc[nH]2)cc1)c1ccc(/N=N/c2nnc[nH]2)cc1. The Hall–Kier alpha value is -4.61. The molecule has 0 aliphatic rings. The van der Waals surface area contributed by atoms with Crippen molar-refractivity contribution in [2.24, 2.45) is 20.5 Å². The van der Waals surface area contributed by atoms with Gasteiger partial charge in [-0.15, -0.1) is 40.9 Å². The molecule has 17 heteroatoms. The van der Waals surface area contributed by atoms with Gasteiger partial charge in [-0.05, 0) is 62.4 Å². The van der Waals surface area contributed by atoms with Crippen molar-refractivity contribution in [2.45, 2.75) is 13.8 Å². The maximum atomic E-state index is 12.3. The number of H-pyrrole nitrogens is 2. The van der Waals surface area contributed by atoms with Crippen LogP contribution >= 0.6 is 0 Å². The number of nitrogens with one attached hydrogen (secondary N) is 2. The summed E-state index contributed by atoms with van der Waals surface area (Å²) in [6.45, 7) is 5.79. The third kappa shape index (κ3) is 9.23. The van der Waals surface area contributed by atoms with Gasteiger partial charge in [0.25, 0.3) is 11.9 Å². The predicted octanol–water partition coefficient (Wildman–Crippen LogP) is 4.38. The molecule has 4 aromatic rings. The van der Waals surface area contributed by atoms with Gasteiger partial charge in [-0.2, -0.15) is 8.42 Å². The van der Waals surface area contributed by atoms with Crippen molar-refractivity contribution >= 4 is 45.0 Å². The highest BCUT2D eigenvalue weighted by Gasteiger charge is 2.15. The summed E-state index contributed by atoms with van der Waals surface area (Å²) < 4.78 is 34.8. The lowest BCUT2D eigenvalue weighted by molar-refractivity contribution is 0.221. The Morgan fingerprint density at radius 2 is 1.10 bits per heavy atom. The molecule has 0 radical (unpaired) electrons. The Labute approximate surface area is 236 Å². The van der Waals surface area contributed by atoms with E-state index < -0.39 is 10.4 Å². The first-order chi connectivity index (χ1) is 20.0. The molecule has 0 spiro atoms. The van der Waals surface area contributed by atoms with Crippen molar-refractivity contribution < 1.29 is 16.8 Å². The fourth-order valence-electron chi connectivity index (χ4n) is 3.64. The molecule has 0 bridgehead atoms. The van der Waals surface area contributed by atoms with Gasteiger partial charge in [-0.25, -0.2) is 8.37 Å². The lowest BCUT2D eigenvalue weighted by atomic mass is 10.2. The van der Waals surface area contributed by atoms with Gasteiger partial charge < -0.3 is 19.8 Å². The van der Waals surface area contributed by atoms with Crippen LogP contribution in [0.25, 0.3) is 0 Å². The molecular formula is C24H30N12O4S. The van der Waals surface area contributed by atoms with E-state index in [1.807, 2.05) is 47.9 Å². The van der Waals surface area contributed by atoms with Crippen molar-refractivity contribution in [1.29, 1.82) is 0 Å². The number of anilines is 2. The number of azo groups is 2. The fraction of sp³-hybridized carbons (Fsp3) is 0.333. The zero-order valence-corrected chi connectivity index (χ0v) is 23.3. The number of likely N-dealkylation sites (N-methyl/N-ethyl adjacent to an activating group) is 2. The molecule has 0 saturated heterocycles. The van der Waals surface area contributed by atoms with Gasteiger partial charge in [0.05, 0.1) is 24.6 Å². The van der Waals surface area contributed by atoms with Gasteiger partial charge in [0.1, 0.15) is 12.7 Å². The second kappa shape index (κ2) is 14.7. The van der Waals surface area contributed by atoms with Crippen LogP contribution in [0.2, 0.25) is 0 Å². The maximum absolute atomic E-state index is 12.3. The Morgan fingerprint density at radius 1 is 0.683 bits per heavy atom. The number of aromatic nitrogens is 6. The summed E-state index contributed by atoms with van der Waals surface area (Å²) in [6.07, 6.45) is 2.84. The molecule has 0 amide bonds. The van der Waals surface area contributed by atoms with E-state index in [-0.39, 0.29) is 13.2 Å². The van der Waals surface area contributed by atoms with Gasteiger partial charge in [0, 0.05) is 37.6 Å². The molecule has 16 nitrogen and oxygen atoms in total. The minimum atomic E-state index is -4.16. The standard InChI is InChI=1S/C24H30N12O4S/c1-3-35(21-9-5-19(6-10-21)29-33-23-25-17-27-31-23)13-15-39-41(37,38)40-16-14-36(4-2)22-11-7-20(8-12-22)30-34-24-26-18-28-32-24/h5-12,17-18H,3-4,13-16H2,1-2H3,(H,25,27,31)(H,26,28,32)/b33-29+,34-30+. The summed E-state index contributed by atoms with van der Waals surface area (Å²) in [5.41, 5.74) is 3.05. The fourth-order valence-corrected chi connectivity index (χ4v) is 4.26. The van der Waals surface area contributed by atoms with Crippen LogP contribution < -0.4 is 9.80 Å². The summed E-state index contributed by atoms with van der Waals surface area (Å²) in [6, 6.07) is 14.7. The molecule has 0 aliphatic heterocycles. The second-order valence-corrected chi connectivity index (χ2v) is 9.56. The molecule has 0 fully saturated rings. The van der Waals surface area contributed by atoms with Gasteiger partial charge in [-0.3, -0.25) is 0 Å². The minimum absolute atomic E-state index is 0.0648. The largest absolute Gasteiger partial charge is 0.399 e. The van der Waals surface area contributed by atoms with E-state index >= 15 is 0 Å². The van der Waals surface area contributed by atoms with Crippen molar-refractivity contribution in [3.63, 3.8) is 0 Å². The molecule has 41 heavy (non-hydrogen) atoms. The monoisotopic (exact) mass is 582 g/mol. The molecule has 2 aromatic heterocycles. The number of hydrogen-bond acceptors (Lipinski definition) is 14. The Bertz CT molecular complexity index is 1370. The molecule has 0 aliphatic carbocycles. The molecule has 4 rings (SSSR count). The van der Waals surface area contributed by atoms with E-state index in [0.717, 1.165) is 11.4 Å². The first-order valence-electron chi connectivity index (χ1n) is 12.7. The van der Waals surface area contributed by atoms with Crippen molar-refractivity contribution in [3.8, 4) is 0 Å². The summed E-state index contributed by atoms with van der Waals surface area (Å²) in [4.78, 5) is 9.43. The van der Waals surface area contributed by atoms with Gasteiger partial charge >= 0.3 is 10.4 Å². The van der Waals surface area contributed by atoms with E-state index in [4.69, 9.17) is 8.37 Å². The predicted molar refractivity (Wildman–Crippen MR) is 151 cm³/mol. The number of nitrogens with zero attached hydrogens (tertiary/aromatic N) is 10. The highest BCUT2D eigenvalue weighted by atomic mass is 32.3. The topological polar surface area (TPSA) is 192 Å². The number of rotatable bonds is 16. The first kappa shape index (κ1) is 29.4. The van der Waals surface area contributed by atoms with Crippen LogP contribution in [0.5, 0.6) is 0 Å². The van der Waals surface area contributed by atoms with Crippen LogP contribution in [0.3, 0.4) is 0 Å². The number of hydrogen-bond donors (Lipinski definition) is 2. The average molecular weight is 583 g/mol. The molecule has 0 unspecified atom stereocenters. The lowest BCUT2D eigenvalue weighted by Gasteiger charge is -2.23. The molecule has 2 aromatic carbocycles. The normalized spacial score (nSPS) is 12.0. The average Bonchev–Trinajstić information content (AvgIpc) is 3.71.